The third-order valence-electron chi connectivity index (χ3n) is 2.27. The van der Waals surface area contributed by atoms with Crippen molar-refractivity contribution in [2.24, 2.45) is 7.05 Å². The van der Waals surface area contributed by atoms with Gasteiger partial charge in [0.05, 0.1) is 23.0 Å². The summed E-state index contributed by atoms with van der Waals surface area (Å²) in [5.41, 5.74) is 1.89. The molecule has 0 saturated heterocycles. The van der Waals surface area contributed by atoms with Crippen LogP contribution in [0.15, 0.2) is 12.1 Å². The predicted octanol–water partition coefficient (Wildman–Crippen LogP) is 2.54. The van der Waals surface area contributed by atoms with Crippen LogP contribution in [0.4, 0.5) is 0 Å². The summed E-state index contributed by atoms with van der Waals surface area (Å²) in [7, 11) is 3.46. The average molecular weight is 211 g/mol. The Hall–Kier alpha value is -1.22. The molecule has 0 aliphatic carbocycles. The van der Waals surface area contributed by atoms with Crippen LogP contribution in [0.2, 0.25) is 5.02 Å². The first-order valence-corrected chi connectivity index (χ1v) is 4.68. The molecule has 0 unspecified atom stereocenters. The number of benzene rings is 1. The van der Waals surface area contributed by atoms with E-state index in [-0.39, 0.29) is 0 Å². The van der Waals surface area contributed by atoms with Crippen molar-refractivity contribution in [2.75, 3.05) is 7.11 Å². The highest BCUT2D eigenvalue weighted by Gasteiger charge is 2.13. The molecule has 1 aromatic carbocycles. The zero-order valence-electron chi connectivity index (χ0n) is 8.34. The summed E-state index contributed by atoms with van der Waals surface area (Å²) < 4.78 is 6.94. The van der Waals surface area contributed by atoms with Crippen LogP contribution in [-0.2, 0) is 7.05 Å². The molecule has 2 aromatic rings. The van der Waals surface area contributed by atoms with Gasteiger partial charge in [0.25, 0.3) is 0 Å². The molecule has 1 heterocycles. The van der Waals surface area contributed by atoms with Gasteiger partial charge in [-0.15, -0.1) is 0 Å². The van der Waals surface area contributed by atoms with Gasteiger partial charge < -0.3 is 4.74 Å². The molecule has 2 rings (SSSR count). The Morgan fingerprint density at radius 1 is 1.43 bits per heavy atom. The molecule has 3 nitrogen and oxygen atoms in total. The Kier molecular flexibility index (Phi) is 2.11. The van der Waals surface area contributed by atoms with E-state index in [4.69, 9.17) is 16.3 Å². The Bertz CT molecular complexity index is 490. The van der Waals surface area contributed by atoms with E-state index in [9.17, 15) is 0 Å². The molecule has 0 atom stereocenters. The van der Waals surface area contributed by atoms with Gasteiger partial charge >= 0.3 is 0 Å². The summed E-state index contributed by atoms with van der Waals surface area (Å²) in [6, 6.07) is 3.90. The molecule has 0 aliphatic rings. The van der Waals surface area contributed by atoms with E-state index in [0.29, 0.717) is 10.9 Å². The van der Waals surface area contributed by atoms with Crippen LogP contribution in [0.1, 0.15) is 5.56 Å². The molecule has 0 bridgehead atoms. The van der Waals surface area contributed by atoms with Crippen molar-refractivity contribution in [2.45, 2.75) is 6.92 Å². The van der Waals surface area contributed by atoms with Gasteiger partial charge in [0, 0.05) is 7.05 Å². The van der Waals surface area contributed by atoms with Gasteiger partial charge in [-0.05, 0) is 18.6 Å². The van der Waals surface area contributed by atoms with Crippen LogP contribution in [0.25, 0.3) is 10.9 Å². The molecule has 0 N–H and O–H groups in total. The lowest BCUT2D eigenvalue weighted by Crippen LogP contribution is -1.94. The zero-order valence-corrected chi connectivity index (χ0v) is 9.09. The molecule has 4 heteroatoms. The second-order valence-corrected chi connectivity index (χ2v) is 3.60. The number of aromatic nitrogens is 2. The summed E-state index contributed by atoms with van der Waals surface area (Å²) >= 11 is 6.19. The van der Waals surface area contributed by atoms with E-state index in [2.05, 4.69) is 5.10 Å². The highest BCUT2D eigenvalue weighted by atomic mass is 35.5. The Morgan fingerprint density at radius 2 is 2.14 bits per heavy atom. The monoisotopic (exact) mass is 210 g/mol. The zero-order chi connectivity index (χ0) is 10.3. The number of ether oxygens (including phenoxy) is 1. The highest BCUT2D eigenvalue weighted by molar-refractivity contribution is 6.36. The van der Waals surface area contributed by atoms with Crippen LogP contribution in [0.5, 0.6) is 5.88 Å². The molecule has 0 fully saturated rings. The van der Waals surface area contributed by atoms with Gasteiger partial charge in [0.2, 0.25) is 5.88 Å². The van der Waals surface area contributed by atoms with Gasteiger partial charge in [-0.1, -0.05) is 17.7 Å². The lowest BCUT2D eigenvalue weighted by Gasteiger charge is -2.02. The molecule has 0 aliphatic heterocycles. The fourth-order valence-corrected chi connectivity index (χ4v) is 1.80. The molecule has 0 spiro atoms. The van der Waals surface area contributed by atoms with Crippen molar-refractivity contribution in [1.29, 1.82) is 0 Å². The third kappa shape index (κ3) is 1.16. The normalized spacial score (nSPS) is 10.9. The van der Waals surface area contributed by atoms with E-state index in [1.165, 1.54) is 0 Å². The summed E-state index contributed by atoms with van der Waals surface area (Å²) in [6.45, 7) is 1.97. The number of hydrogen-bond acceptors (Lipinski definition) is 2. The van der Waals surface area contributed by atoms with Crippen molar-refractivity contribution in [3.05, 3.63) is 22.7 Å². The van der Waals surface area contributed by atoms with Gasteiger partial charge in [-0.2, -0.15) is 5.10 Å². The number of nitrogens with zero attached hydrogens (tertiary/aromatic N) is 2. The fourth-order valence-electron chi connectivity index (χ4n) is 1.56. The lowest BCUT2D eigenvalue weighted by atomic mass is 10.2. The molecular weight excluding hydrogens is 200 g/mol. The quantitative estimate of drug-likeness (QED) is 0.723. The molecule has 0 saturated carbocycles. The smallest absolute Gasteiger partial charge is 0.220 e. The van der Waals surface area contributed by atoms with Gasteiger partial charge in [-0.25, -0.2) is 4.68 Å². The van der Waals surface area contributed by atoms with Crippen molar-refractivity contribution in [3.63, 3.8) is 0 Å². The van der Waals surface area contributed by atoms with Crippen LogP contribution in [0.3, 0.4) is 0 Å². The maximum atomic E-state index is 6.19. The summed E-state index contributed by atoms with van der Waals surface area (Å²) in [5, 5.41) is 5.89. The Morgan fingerprint density at radius 3 is 2.79 bits per heavy atom. The second kappa shape index (κ2) is 3.17. The minimum Gasteiger partial charge on any atom is -0.481 e. The second-order valence-electron chi connectivity index (χ2n) is 3.22. The minimum atomic E-state index is 0.703. The Balaban J connectivity index is 2.90. The number of halogens is 1. The van der Waals surface area contributed by atoms with Crippen molar-refractivity contribution in [3.8, 4) is 5.88 Å². The molecular formula is C10H11ClN2O. The Labute approximate surface area is 87.2 Å². The fraction of sp³-hybridized carbons (Fsp3) is 0.300. The number of rotatable bonds is 1. The van der Waals surface area contributed by atoms with E-state index >= 15 is 0 Å². The van der Waals surface area contributed by atoms with Crippen LogP contribution >= 0.6 is 11.6 Å². The molecule has 1 aromatic heterocycles. The first-order valence-electron chi connectivity index (χ1n) is 4.31. The van der Waals surface area contributed by atoms with Crippen molar-refractivity contribution in [1.82, 2.24) is 9.78 Å². The third-order valence-corrected chi connectivity index (χ3v) is 2.76. The summed E-state index contributed by atoms with van der Waals surface area (Å²) in [4.78, 5) is 0. The molecule has 0 amide bonds. The van der Waals surface area contributed by atoms with Crippen molar-refractivity contribution >= 4 is 22.5 Å². The number of methoxy groups -OCH3 is 1. The molecule has 0 radical (unpaired) electrons. The predicted molar refractivity (Wildman–Crippen MR) is 57.0 cm³/mol. The van der Waals surface area contributed by atoms with E-state index < -0.39 is 0 Å². The van der Waals surface area contributed by atoms with Gasteiger partial charge in [0.1, 0.15) is 0 Å². The van der Waals surface area contributed by atoms with E-state index in [0.717, 1.165) is 16.5 Å². The molecule has 74 valence electrons. The first-order chi connectivity index (χ1) is 6.65. The summed E-state index contributed by atoms with van der Waals surface area (Å²) in [5.74, 6) is 0.703. The number of fused-ring (bicyclic) bond motifs is 1. The average Bonchev–Trinajstić information content (AvgIpc) is 2.48. The van der Waals surface area contributed by atoms with Crippen LogP contribution < -0.4 is 4.74 Å². The maximum absolute atomic E-state index is 6.19. The topological polar surface area (TPSA) is 27.1 Å². The van der Waals surface area contributed by atoms with Crippen LogP contribution in [-0.4, -0.2) is 16.9 Å². The molecule has 14 heavy (non-hydrogen) atoms. The first kappa shape index (κ1) is 9.34. The van der Waals surface area contributed by atoms with Gasteiger partial charge in [0.15, 0.2) is 0 Å². The van der Waals surface area contributed by atoms with Gasteiger partial charge in [-0.3, -0.25) is 0 Å². The van der Waals surface area contributed by atoms with E-state index in [1.54, 1.807) is 11.8 Å². The number of aryl methyl sites for hydroxylation is 2. The largest absolute Gasteiger partial charge is 0.481 e. The van der Waals surface area contributed by atoms with Crippen LogP contribution in [0, 0.1) is 6.92 Å². The minimum absolute atomic E-state index is 0.703. The number of hydrogen-bond donors (Lipinski definition) is 0. The standard InChI is InChI=1S/C10H11ClN2O/c1-6-4-5-7-8(9(6)11)10(14-3)13(2)12-7/h4-5H,1-3H3. The summed E-state index contributed by atoms with van der Waals surface area (Å²) in [6.07, 6.45) is 0. The van der Waals surface area contributed by atoms with E-state index in [1.807, 2.05) is 26.1 Å². The van der Waals surface area contributed by atoms with Crippen molar-refractivity contribution < 1.29 is 4.74 Å². The SMILES string of the molecule is COc1c2c(Cl)c(C)ccc2nn1C. The highest BCUT2D eigenvalue weighted by Crippen LogP contribution is 2.33. The maximum Gasteiger partial charge on any atom is 0.220 e. The lowest BCUT2D eigenvalue weighted by molar-refractivity contribution is 0.377.